The van der Waals surface area contributed by atoms with E-state index in [0.29, 0.717) is 0 Å². The zero-order chi connectivity index (χ0) is 22.8. The first-order valence-electron chi connectivity index (χ1n) is 8.89. The Balaban J connectivity index is 3.30. The highest BCUT2D eigenvalue weighted by Gasteiger charge is 2.52. The summed E-state index contributed by atoms with van der Waals surface area (Å²) in [6, 6.07) is -1.31. The molecule has 0 aromatic carbocycles. The number of nitrogens with one attached hydrogen (secondary N) is 1. The van der Waals surface area contributed by atoms with Crippen molar-refractivity contribution < 1.29 is 52.4 Å². The lowest BCUT2D eigenvalue weighted by molar-refractivity contribution is -0.270. The van der Waals surface area contributed by atoms with Crippen LogP contribution in [0.25, 0.3) is 0 Å². The Morgan fingerprint density at radius 1 is 0.867 bits per heavy atom. The maximum Gasteiger partial charge on any atom is 0.408 e. The van der Waals surface area contributed by atoms with Crippen molar-refractivity contribution in [3.63, 3.8) is 0 Å². The van der Waals surface area contributed by atoms with Crippen molar-refractivity contribution in [1.29, 1.82) is 0 Å². The fourth-order valence-corrected chi connectivity index (χ4v) is 2.63. The standard InChI is InChI=1S/C18H25NO11/c1-6-7-25-18(24)19-14-16(28-11(4)22)15(27-10(3)21)13(8-26-9(2)20)30-17(14)29-12(5)23/h6,13-17H,1,7-8H2,2-5H3,(H,19,24)/t13-,14+,15-,16-,17+/m1/s1. The van der Waals surface area contributed by atoms with Gasteiger partial charge in [-0.05, 0) is 0 Å². The summed E-state index contributed by atoms with van der Waals surface area (Å²) in [5, 5.41) is 2.37. The van der Waals surface area contributed by atoms with Crippen molar-refractivity contribution in [2.24, 2.45) is 0 Å². The Morgan fingerprint density at radius 2 is 1.43 bits per heavy atom. The third-order valence-electron chi connectivity index (χ3n) is 3.60. The van der Waals surface area contributed by atoms with Crippen molar-refractivity contribution in [2.75, 3.05) is 13.2 Å². The molecular formula is C18H25NO11. The van der Waals surface area contributed by atoms with Gasteiger partial charge in [-0.3, -0.25) is 19.2 Å². The molecule has 0 saturated carbocycles. The Labute approximate surface area is 172 Å². The fraction of sp³-hybridized carbons (Fsp3) is 0.611. The molecule has 1 aliphatic rings. The van der Waals surface area contributed by atoms with E-state index in [9.17, 15) is 24.0 Å². The average molecular weight is 431 g/mol. The zero-order valence-corrected chi connectivity index (χ0v) is 17.1. The first-order chi connectivity index (χ1) is 14.0. The van der Waals surface area contributed by atoms with Crippen LogP contribution in [0.1, 0.15) is 27.7 Å². The van der Waals surface area contributed by atoms with Crippen molar-refractivity contribution >= 4 is 30.0 Å². The van der Waals surface area contributed by atoms with Gasteiger partial charge in [0, 0.05) is 27.7 Å². The lowest BCUT2D eigenvalue weighted by Gasteiger charge is -2.44. The second-order valence-corrected chi connectivity index (χ2v) is 6.16. The second kappa shape index (κ2) is 11.8. The molecule has 0 aromatic rings. The minimum Gasteiger partial charge on any atom is -0.463 e. The number of amides is 1. The molecule has 1 fully saturated rings. The summed E-state index contributed by atoms with van der Waals surface area (Å²) in [6.07, 6.45) is -4.95. The number of ether oxygens (including phenoxy) is 6. The summed E-state index contributed by atoms with van der Waals surface area (Å²) >= 11 is 0. The Bertz CT molecular complexity index is 677. The van der Waals surface area contributed by atoms with Gasteiger partial charge in [0.25, 0.3) is 0 Å². The van der Waals surface area contributed by atoms with Crippen molar-refractivity contribution in [1.82, 2.24) is 5.32 Å². The predicted molar refractivity (Wildman–Crippen MR) is 96.6 cm³/mol. The number of alkyl carbamates (subject to hydrolysis) is 1. The third kappa shape index (κ3) is 8.07. The van der Waals surface area contributed by atoms with E-state index in [2.05, 4.69) is 11.9 Å². The molecule has 30 heavy (non-hydrogen) atoms. The molecule has 1 amide bonds. The van der Waals surface area contributed by atoms with Crippen LogP contribution < -0.4 is 5.32 Å². The van der Waals surface area contributed by atoms with Crippen LogP contribution in [0.15, 0.2) is 12.7 Å². The normalized spacial score (nSPS) is 25.3. The van der Waals surface area contributed by atoms with Crippen LogP contribution in [-0.2, 0) is 47.6 Å². The minimum atomic E-state index is -1.48. The first kappa shape index (κ1) is 24.9. The van der Waals surface area contributed by atoms with Gasteiger partial charge in [-0.2, -0.15) is 0 Å². The van der Waals surface area contributed by atoms with E-state index < -0.39 is 67.2 Å². The fourth-order valence-electron chi connectivity index (χ4n) is 2.63. The van der Waals surface area contributed by atoms with E-state index in [4.69, 9.17) is 28.4 Å². The largest absolute Gasteiger partial charge is 0.463 e. The Hall–Kier alpha value is -3.15. The van der Waals surface area contributed by atoms with Gasteiger partial charge in [0.1, 0.15) is 25.4 Å². The zero-order valence-electron chi connectivity index (χ0n) is 17.1. The van der Waals surface area contributed by atoms with E-state index in [1.807, 2.05) is 0 Å². The van der Waals surface area contributed by atoms with Gasteiger partial charge in [-0.1, -0.05) is 12.7 Å². The quantitative estimate of drug-likeness (QED) is 0.313. The first-order valence-corrected chi connectivity index (χ1v) is 8.89. The van der Waals surface area contributed by atoms with Gasteiger partial charge >= 0.3 is 30.0 Å². The van der Waals surface area contributed by atoms with Crippen molar-refractivity contribution in [3.05, 3.63) is 12.7 Å². The number of rotatable bonds is 8. The van der Waals surface area contributed by atoms with Gasteiger partial charge in [0.05, 0.1) is 0 Å². The molecule has 168 valence electrons. The molecule has 12 nitrogen and oxygen atoms in total. The summed E-state index contributed by atoms with van der Waals surface area (Å²) in [4.78, 5) is 58.1. The Morgan fingerprint density at radius 3 is 1.93 bits per heavy atom. The van der Waals surface area contributed by atoms with Crippen LogP contribution in [0, 0.1) is 0 Å². The van der Waals surface area contributed by atoms with Crippen molar-refractivity contribution in [3.8, 4) is 0 Å². The maximum absolute atomic E-state index is 12.1. The molecule has 1 rings (SSSR count). The maximum atomic E-state index is 12.1. The van der Waals surface area contributed by atoms with Crippen LogP contribution in [0.5, 0.6) is 0 Å². The highest BCUT2D eigenvalue weighted by atomic mass is 16.7. The molecule has 1 heterocycles. The summed E-state index contributed by atoms with van der Waals surface area (Å²) in [5.41, 5.74) is 0. The van der Waals surface area contributed by atoms with Crippen LogP contribution in [-0.4, -0.2) is 73.8 Å². The Kier molecular flexibility index (Phi) is 9.75. The van der Waals surface area contributed by atoms with Crippen molar-refractivity contribution in [2.45, 2.75) is 58.3 Å². The number of hydrogen-bond donors (Lipinski definition) is 1. The van der Waals surface area contributed by atoms with Gasteiger partial charge in [0.2, 0.25) is 6.29 Å². The predicted octanol–water partition coefficient (Wildman–Crippen LogP) is -0.0183. The number of hydrogen-bond acceptors (Lipinski definition) is 11. The highest BCUT2D eigenvalue weighted by Crippen LogP contribution is 2.28. The molecule has 0 spiro atoms. The average Bonchev–Trinajstić information content (AvgIpc) is 2.62. The second-order valence-electron chi connectivity index (χ2n) is 6.16. The molecule has 12 heteroatoms. The summed E-state index contributed by atoms with van der Waals surface area (Å²) < 4.78 is 30.9. The molecule has 1 aliphatic heterocycles. The van der Waals surface area contributed by atoms with Gasteiger partial charge in [0.15, 0.2) is 12.2 Å². The lowest BCUT2D eigenvalue weighted by Crippen LogP contribution is -2.67. The molecule has 1 N–H and O–H groups in total. The number of esters is 4. The molecular weight excluding hydrogens is 406 g/mol. The summed E-state index contributed by atoms with van der Waals surface area (Å²) in [5.74, 6) is -2.96. The number of carbonyl (C=O) groups excluding carboxylic acids is 5. The van der Waals surface area contributed by atoms with Crippen LogP contribution in [0.2, 0.25) is 0 Å². The van der Waals surface area contributed by atoms with Gasteiger partial charge in [-0.15, -0.1) is 0 Å². The monoisotopic (exact) mass is 431 g/mol. The van der Waals surface area contributed by atoms with E-state index in [1.165, 1.54) is 6.08 Å². The summed E-state index contributed by atoms with van der Waals surface area (Å²) in [7, 11) is 0. The smallest absolute Gasteiger partial charge is 0.408 e. The molecule has 0 bridgehead atoms. The highest BCUT2D eigenvalue weighted by molar-refractivity contribution is 5.70. The van der Waals surface area contributed by atoms with E-state index in [-0.39, 0.29) is 6.61 Å². The van der Waals surface area contributed by atoms with Crippen LogP contribution >= 0.6 is 0 Å². The molecule has 0 aromatic heterocycles. The molecule has 0 unspecified atom stereocenters. The van der Waals surface area contributed by atoms with E-state index in [1.54, 1.807) is 0 Å². The topological polar surface area (TPSA) is 153 Å². The lowest BCUT2D eigenvalue weighted by atomic mass is 9.96. The summed E-state index contributed by atoms with van der Waals surface area (Å²) in [6.45, 7) is 7.32. The van der Waals surface area contributed by atoms with Crippen LogP contribution in [0.4, 0.5) is 4.79 Å². The number of carbonyl (C=O) groups is 5. The van der Waals surface area contributed by atoms with E-state index in [0.717, 1.165) is 27.7 Å². The molecule has 0 aliphatic carbocycles. The van der Waals surface area contributed by atoms with Crippen LogP contribution in [0.3, 0.4) is 0 Å². The SMILES string of the molecule is C=CCOC(=O)N[C@@H]1[C@@H](OC(C)=O)O[C@H](COC(C)=O)[C@@H](OC(C)=O)[C@@H]1OC(C)=O. The van der Waals surface area contributed by atoms with Gasteiger partial charge < -0.3 is 33.7 Å². The third-order valence-corrected chi connectivity index (χ3v) is 3.60. The van der Waals surface area contributed by atoms with Gasteiger partial charge in [-0.25, -0.2) is 4.79 Å². The molecule has 5 atom stereocenters. The molecule has 0 radical (unpaired) electrons. The minimum absolute atomic E-state index is 0.127. The van der Waals surface area contributed by atoms with E-state index >= 15 is 0 Å². The molecule has 1 saturated heterocycles.